The molecule has 0 atom stereocenters. The molecule has 0 fully saturated rings. The van der Waals surface area contributed by atoms with Crippen molar-refractivity contribution < 1.29 is 5.48 Å². The predicted octanol–water partition coefficient (Wildman–Crippen LogP) is 1.99. The van der Waals surface area contributed by atoms with E-state index in [0.717, 1.165) is 0 Å². The minimum atomic E-state index is -1.12. The van der Waals surface area contributed by atoms with E-state index in [-0.39, 0.29) is 5.48 Å². The number of hydrogen-bond donors (Lipinski definition) is 0. The van der Waals surface area contributed by atoms with Crippen molar-refractivity contribution >= 4 is 23.3 Å². The molecule has 1 rings (SSSR count). The largest absolute Gasteiger partial charge is 0.412 e. The summed E-state index contributed by atoms with van der Waals surface area (Å²) in [5, 5.41) is 0. The van der Waals surface area contributed by atoms with Gasteiger partial charge in [0.1, 0.15) is 0 Å². The van der Waals surface area contributed by atoms with Crippen molar-refractivity contribution in [3.8, 4) is 0 Å². The van der Waals surface area contributed by atoms with E-state index in [4.69, 9.17) is 0 Å². The zero-order valence-electron chi connectivity index (χ0n) is 8.51. The van der Waals surface area contributed by atoms with Gasteiger partial charge in [-0.1, -0.05) is 0 Å². The van der Waals surface area contributed by atoms with Gasteiger partial charge in [-0.15, -0.1) is 0 Å². The zero-order valence-corrected chi connectivity index (χ0v) is 11.4. The Balaban J connectivity index is 0.00000144. The van der Waals surface area contributed by atoms with Gasteiger partial charge in [0.2, 0.25) is 0 Å². The summed E-state index contributed by atoms with van der Waals surface area (Å²) in [4.78, 5) is 2.51. The summed E-state index contributed by atoms with van der Waals surface area (Å²) in [7, 11) is 0. The molecule has 0 unspecified atom stereocenters. The summed E-state index contributed by atoms with van der Waals surface area (Å²) < 4.78 is 3.19. The van der Waals surface area contributed by atoms with Crippen molar-refractivity contribution in [1.29, 1.82) is 0 Å². The van der Waals surface area contributed by atoms with Gasteiger partial charge in [0, 0.05) is 0 Å². The number of benzene rings is 1. The Bertz CT molecular complexity index is 211. The summed E-state index contributed by atoms with van der Waals surface area (Å²) in [6.07, 6.45) is 2.78. The molecule has 0 aliphatic carbocycles. The molecule has 0 aliphatic heterocycles. The van der Waals surface area contributed by atoms with Crippen LogP contribution >= 0.6 is 0 Å². The second-order valence-electron chi connectivity index (χ2n) is 3.25. The molecule has 0 bridgehead atoms. The molecule has 1 aromatic rings. The Morgan fingerprint density at radius 1 is 1.15 bits per heavy atom. The molecular weight excluding hydrogens is 267 g/mol. The maximum atomic E-state index is 2.51. The molecule has 1 nitrogen and oxygen atoms in total. The van der Waals surface area contributed by atoms with Crippen LogP contribution < -0.4 is 3.58 Å². The summed E-state index contributed by atoms with van der Waals surface area (Å²) >= 11 is -1.12. The van der Waals surface area contributed by atoms with Crippen LogP contribution in [0.4, 0.5) is 0 Å². The van der Waals surface area contributed by atoms with E-state index in [1.807, 2.05) is 0 Å². The van der Waals surface area contributed by atoms with Crippen molar-refractivity contribution in [3.63, 3.8) is 0 Å². The van der Waals surface area contributed by atoms with Crippen molar-refractivity contribution in [1.82, 2.24) is 0 Å². The van der Waals surface area contributed by atoms with Crippen molar-refractivity contribution in [2.24, 2.45) is 0 Å². The van der Waals surface area contributed by atoms with E-state index in [0.29, 0.717) is 0 Å². The first-order valence-electron chi connectivity index (χ1n) is 4.72. The van der Waals surface area contributed by atoms with Crippen LogP contribution in [0.2, 0.25) is 9.38 Å². The maximum absolute atomic E-state index is 2.51. The molecule has 0 aliphatic rings. The third kappa shape index (κ3) is 4.67. The van der Waals surface area contributed by atoms with Crippen LogP contribution in [0, 0.1) is 0 Å². The van der Waals surface area contributed by atoms with Crippen molar-refractivity contribution in [2.75, 3.05) is 0 Å². The number of rotatable bonds is 4. The van der Waals surface area contributed by atoms with Gasteiger partial charge in [0.25, 0.3) is 0 Å². The van der Waals surface area contributed by atoms with Gasteiger partial charge in [-0.25, -0.2) is 0 Å². The van der Waals surface area contributed by atoms with E-state index in [1.165, 1.54) is 17.3 Å². The van der Waals surface area contributed by atoms with Crippen LogP contribution in [-0.4, -0.2) is 25.2 Å². The van der Waals surface area contributed by atoms with E-state index < -0.39 is 19.8 Å². The molecule has 2 N–H and O–H groups in total. The van der Waals surface area contributed by atoms with Gasteiger partial charge in [0.05, 0.1) is 0 Å². The van der Waals surface area contributed by atoms with Crippen LogP contribution in [0.15, 0.2) is 30.3 Å². The molecule has 0 amide bonds. The predicted molar refractivity (Wildman–Crippen MR) is 61.0 cm³/mol. The van der Waals surface area contributed by atoms with Crippen LogP contribution in [-0.2, 0) is 0 Å². The fourth-order valence-corrected chi connectivity index (χ4v) is 6.83. The Kier molecular flexibility index (Phi) is 7.38. The quantitative estimate of drug-likeness (QED) is 0.758. The van der Waals surface area contributed by atoms with Crippen LogP contribution in [0.3, 0.4) is 0 Å². The molecule has 0 saturated heterocycles. The van der Waals surface area contributed by atoms with E-state index in [9.17, 15) is 0 Å². The minimum absolute atomic E-state index is 0. The van der Waals surface area contributed by atoms with Crippen LogP contribution in [0.25, 0.3) is 0 Å². The fourth-order valence-electron chi connectivity index (χ4n) is 1.31. The molecule has 13 heavy (non-hydrogen) atoms. The Labute approximate surface area is 88.2 Å². The average molecular weight is 286 g/mol. The molecule has 0 saturated carbocycles. The van der Waals surface area contributed by atoms with Gasteiger partial charge in [-0.05, 0) is 0 Å². The standard InChI is InChI=1S/C6H5.C4H9.CH3.H2O.Sn/c1-2-4-6-5-3-1;1-3-4-2;;;/h1-5H;1,3-4H2,2H3;1H3;1H2;. The summed E-state index contributed by atoms with van der Waals surface area (Å²) in [5.74, 6) is 0. The molecule has 2 heteroatoms. The summed E-state index contributed by atoms with van der Waals surface area (Å²) in [6, 6.07) is 11.1. The first-order valence-corrected chi connectivity index (χ1v) is 11.0. The topological polar surface area (TPSA) is 31.5 Å². The SMILES string of the molecule is CCC[CH2][Sn]([CH3])[c]1ccccc1.O. The van der Waals surface area contributed by atoms with Gasteiger partial charge < -0.3 is 5.48 Å². The second-order valence-corrected chi connectivity index (χ2v) is 10.8. The normalized spacial score (nSPS) is 9.77. The van der Waals surface area contributed by atoms with E-state index >= 15 is 0 Å². The van der Waals surface area contributed by atoms with Crippen LogP contribution in [0.5, 0.6) is 0 Å². The summed E-state index contributed by atoms with van der Waals surface area (Å²) in [5.41, 5.74) is 0. The summed E-state index contributed by atoms with van der Waals surface area (Å²) in [6.45, 7) is 2.28. The van der Waals surface area contributed by atoms with Crippen molar-refractivity contribution in [2.45, 2.75) is 29.1 Å². The number of hydrogen-bond acceptors (Lipinski definition) is 0. The zero-order chi connectivity index (χ0) is 8.81. The smallest absolute Gasteiger partial charge is 0.412 e. The second kappa shape index (κ2) is 7.39. The van der Waals surface area contributed by atoms with Gasteiger partial charge in [-0.2, -0.15) is 0 Å². The van der Waals surface area contributed by atoms with E-state index in [2.05, 4.69) is 42.2 Å². The third-order valence-electron chi connectivity index (χ3n) is 2.17. The van der Waals surface area contributed by atoms with Gasteiger partial charge in [0.15, 0.2) is 0 Å². The molecule has 73 valence electrons. The molecular formula is C11H19OSn. The maximum Gasteiger partial charge on any atom is -0.412 e. The van der Waals surface area contributed by atoms with E-state index in [1.54, 1.807) is 3.58 Å². The molecule has 0 aromatic heterocycles. The first-order chi connectivity index (χ1) is 5.84. The van der Waals surface area contributed by atoms with Gasteiger partial charge in [-0.3, -0.25) is 0 Å². The first kappa shape index (κ1) is 13.0. The minimum Gasteiger partial charge on any atom is -0.412 e. The Hall–Kier alpha value is -0.0213. The average Bonchev–Trinajstić information content (AvgIpc) is 2.15. The molecule has 1 radical (unpaired) electrons. The van der Waals surface area contributed by atoms with Crippen molar-refractivity contribution in [3.05, 3.63) is 30.3 Å². The van der Waals surface area contributed by atoms with Crippen LogP contribution in [0.1, 0.15) is 19.8 Å². The third-order valence-corrected chi connectivity index (χ3v) is 9.09. The fraction of sp³-hybridized carbons (Fsp3) is 0.455. The monoisotopic (exact) mass is 287 g/mol. The number of unbranched alkanes of at least 4 members (excludes halogenated alkanes) is 1. The Morgan fingerprint density at radius 2 is 1.77 bits per heavy atom. The molecule has 1 aromatic carbocycles. The Morgan fingerprint density at radius 3 is 2.31 bits per heavy atom. The molecule has 0 heterocycles. The molecule has 0 spiro atoms. The van der Waals surface area contributed by atoms with Gasteiger partial charge >= 0.3 is 82.8 Å².